The third-order valence-corrected chi connectivity index (χ3v) is 3.79. The molecule has 0 aliphatic carbocycles. The quantitative estimate of drug-likeness (QED) is 0.893. The number of aromatic nitrogens is 2. The Bertz CT molecular complexity index is 648. The van der Waals surface area contributed by atoms with Gasteiger partial charge in [-0.1, -0.05) is 12.1 Å². The molecule has 1 atom stereocenters. The number of carboxylic acids is 1. The lowest BCUT2D eigenvalue weighted by molar-refractivity contribution is -0.142. The molecule has 1 aromatic heterocycles. The second-order valence-electron chi connectivity index (χ2n) is 5.20. The summed E-state index contributed by atoms with van der Waals surface area (Å²) in [4.78, 5) is 15.5. The Morgan fingerprint density at radius 2 is 2.30 bits per heavy atom. The number of phenols is 1. The number of carboxylic acid groups (broad SMARTS) is 1. The fraction of sp³-hybridized carbons (Fsp3) is 0.333. The van der Waals surface area contributed by atoms with E-state index in [0.29, 0.717) is 19.4 Å². The maximum atomic E-state index is 11.1. The zero-order valence-electron chi connectivity index (χ0n) is 11.0. The zero-order valence-corrected chi connectivity index (χ0v) is 11.0. The molecule has 0 saturated carbocycles. The highest BCUT2D eigenvalue weighted by molar-refractivity contribution is 5.70. The lowest BCUT2D eigenvalue weighted by Crippen LogP contribution is -2.27. The van der Waals surface area contributed by atoms with Gasteiger partial charge in [0.2, 0.25) is 0 Å². The second-order valence-corrected chi connectivity index (χ2v) is 5.20. The minimum atomic E-state index is -0.743. The van der Waals surface area contributed by atoms with Crippen molar-refractivity contribution in [2.45, 2.75) is 25.8 Å². The van der Waals surface area contributed by atoms with Crippen LogP contribution in [0.2, 0.25) is 0 Å². The van der Waals surface area contributed by atoms with Crippen molar-refractivity contribution in [3.05, 3.63) is 47.5 Å². The molecule has 1 aliphatic rings. The fourth-order valence-electron chi connectivity index (χ4n) is 2.70. The molecule has 0 spiro atoms. The summed E-state index contributed by atoms with van der Waals surface area (Å²) in [6, 6.07) is 7.06. The molecular weight excluding hydrogens is 256 g/mol. The average Bonchev–Trinajstić information content (AvgIpc) is 2.81. The van der Waals surface area contributed by atoms with Crippen molar-refractivity contribution in [1.29, 1.82) is 0 Å². The molecule has 5 nitrogen and oxygen atoms in total. The summed E-state index contributed by atoms with van der Waals surface area (Å²) in [5, 5.41) is 18.6. The monoisotopic (exact) mass is 272 g/mol. The van der Waals surface area contributed by atoms with E-state index in [1.165, 1.54) is 0 Å². The van der Waals surface area contributed by atoms with Crippen LogP contribution in [0.15, 0.2) is 30.5 Å². The predicted molar refractivity (Wildman–Crippen MR) is 72.6 cm³/mol. The second kappa shape index (κ2) is 5.00. The molecule has 1 unspecified atom stereocenters. The van der Waals surface area contributed by atoms with Gasteiger partial charge in [0.05, 0.1) is 5.92 Å². The third kappa shape index (κ3) is 2.39. The summed E-state index contributed by atoms with van der Waals surface area (Å²) in [5.41, 5.74) is 2.06. The van der Waals surface area contributed by atoms with Gasteiger partial charge in [0.25, 0.3) is 0 Å². The van der Waals surface area contributed by atoms with E-state index in [1.807, 2.05) is 16.8 Å². The zero-order chi connectivity index (χ0) is 14.1. The van der Waals surface area contributed by atoms with Crippen LogP contribution in [0.25, 0.3) is 0 Å². The number of aliphatic carboxylic acids is 1. The van der Waals surface area contributed by atoms with E-state index < -0.39 is 5.97 Å². The van der Waals surface area contributed by atoms with Crippen LogP contribution in [-0.4, -0.2) is 25.7 Å². The molecule has 0 amide bonds. The molecule has 2 aromatic rings. The Morgan fingerprint density at radius 3 is 3.05 bits per heavy atom. The minimum absolute atomic E-state index is 0.233. The van der Waals surface area contributed by atoms with Gasteiger partial charge >= 0.3 is 5.97 Å². The summed E-state index contributed by atoms with van der Waals surface area (Å²) in [7, 11) is 0. The van der Waals surface area contributed by atoms with Gasteiger partial charge in [0.15, 0.2) is 0 Å². The largest absolute Gasteiger partial charge is 0.508 e. The Morgan fingerprint density at radius 1 is 1.45 bits per heavy atom. The summed E-state index contributed by atoms with van der Waals surface area (Å²) in [6.45, 7) is 0.485. The molecular formula is C15H16N2O3. The number of carbonyl (C=O) groups is 1. The molecule has 0 radical (unpaired) electrons. The number of benzene rings is 1. The van der Waals surface area contributed by atoms with E-state index in [-0.39, 0.29) is 11.7 Å². The van der Waals surface area contributed by atoms with Crippen LogP contribution in [0, 0.1) is 5.92 Å². The van der Waals surface area contributed by atoms with Crippen LogP contribution in [0.3, 0.4) is 0 Å². The first-order valence-corrected chi connectivity index (χ1v) is 6.67. The van der Waals surface area contributed by atoms with Crippen LogP contribution in [0.1, 0.15) is 23.5 Å². The van der Waals surface area contributed by atoms with Gasteiger partial charge in [0.1, 0.15) is 11.6 Å². The smallest absolute Gasteiger partial charge is 0.308 e. The van der Waals surface area contributed by atoms with Crippen LogP contribution < -0.4 is 0 Å². The number of aryl methyl sites for hydroxylation is 1. The summed E-state index contributed by atoms with van der Waals surface area (Å²) < 4.78 is 2.01. The third-order valence-electron chi connectivity index (χ3n) is 3.79. The molecule has 104 valence electrons. The molecule has 2 N–H and O–H groups in total. The van der Waals surface area contributed by atoms with Crippen LogP contribution in [0.4, 0.5) is 0 Å². The van der Waals surface area contributed by atoms with E-state index >= 15 is 0 Å². The summed E-state index contributed by atoms with van der Waals surface area (Å²) >= 11 is 0. The van der Waals surface area contributed by atoms with Gasteiger partial charge in [-0.05, 0) is 30.5 Å². The van der Waals surface area contributed by atoms with E-state index in [0.717, 1.165) is 23.5 Å². The number of phenolic OH excluding ortho intramolecular Hbond substituents is 1. The molecule has 3 rings (SSSR count). The molecule has 5 heteroatoms. The molecule has 1 aromatic carbocycles. The molecule has 0 fully saturated rings. The SMILES string of the molecule is O=C(O)C1CCc2cnc(Cc3cccc(O)c3)n2C1. The average molecular weight is 272 g/mol. The highest BCUT2D eigenvalue weighted by atomic mass is 16.4. The number of imidazole rings is 1. The normalized spacial score (nSPS) is 17.7. The van der Waals surface area contributed by atoms with Crippen LogP contribution >= 0.6 is 0 Å². The van der Waals surface area contributed by atoms with Gasteiger partial charge in [-0.3, -0.25) is 4.79 Å². The topological polar surface area (TPSA) is 75.3 Å². The van der Waals surface area contributed by atoms with Crippen molar-refractivity contribution in [2.24, 2.45) is 5.92 Å². The summed E-state index contributed by atoms with van der Waals surface area (Å²) in [5.74, 6) is 0.0140. The first-order valence-electron chi connectivity index (χ1n) is 6.67. The van der Waals surface area contributed by atoms with Crippen molar-refractivity contribution >= 4 is 5.97 Å². The summed E-state index contributed by atoms with van der Waals surface area (Å²) in [6.07, 6.45) is 3.85. The molecule has 20 heavy (non-hydrogen) atoms. The van der Waals surface area contributed by atoms with Crippen molar-refractivity contribution in [3.63, 3.8) is 0 Å². The highest BCUT2D eigenvalue weighted by Crippen LogP contribution is 2.23. The van der Waals surface area contributed by atoms with Gasteiger partial charge in [-0.25, -0.2) is 4.98 Å². The van der Waals surface area contributed by atoms with E-state index in [4.69, 9.17) is 5.11 Å². The lowest BCUT2D eigenvalue weighted by atomic mass is 9.98. The van der Waals surface area contributed by atoms with Crippen LogP contribution in [-0.2, 0) is 24.2 Å². The van der Waals surface area contributed by atoms with Crippen molar-refractivity contribution in [2.75, 3.05) is 0 Å². The first-order chi connectivity index (χ1) is 9.63. The molecule has 2 heterocycles. The maximum Gasteiger partial charge on any atom is 0.308 e. The number of aromatic hydroxyl groups is 1. The Kier molecular flexibility index (Phi) is 3.18. The van der Waals surface area contributed by atoms with Crippen molar-refractivity contribution in [1.82, 2.24) is 9.55 Å². The minimum Gasteiger partial charge on any atom is -0.508 e. The maximum absolute atomic E-state index is 11.1. The van der Waals surface area contributed by atoms with E-state index in [1.54, 1.807) is 18.2 Å². The number of nitrogens with zero attached hydrogens (tertiary/aromatic N) is 2. The first kappa shape index (κ1) is 12.7. The predicted octanol–water partition coefficient (Wildman–Crippen LogP) is 1.83. The molecule has 1 aliphatic heterocycles. The molecule has 0 saturated heterocycles. The lowest BCUT2D eigenvalue weighted by Gasteiger charge is -2.22. The van der Waals surface area contributed by atoms with Gasteiger partial charge in [-0.2, -0.15) is 0 Å². The number of fused-ring (bicyclic) bond motifs is 1. The highest BCUT2D eigenvalue weighted by Gasteiger charge is 2.26. The van der Waals surface area contributed by atoms with Crippen LogP contribution in [0.5, 0.6) is 5.75 Å². The Hall–Kier alpha value is -2.30. The number of hydrogen-bond donors (Lipinski definition) is 2. The van der Waals surface area contributed by atoms with Gasteiger partial charge in [-0.15, -0.1) is 0 Å². The molecule has 0 bridgehead atoms. The van der Waals surface area contributed by atoms with Crippen molar-refractivity contribution in [3.8, 4) is 5.75 Å². The van der Waals surface area contributed by atoms with E-state index in [2.05, 4.69) is 4.98 Å². The Balaban J connectivity index is 1.86. The van der Waals surface area contributed by atoms with Crippen molar-refractivity contribution < 1.29 is 15.0 Å². The van der Waals surface area contributed by atoms with Gasteiger partial charge in [0, 0.05) is 24.9 Å². The number of rotatable bonds is 3. The standard InChI is InChI=1S/C15H16N2O3/c18-13-3-1-2-10(6-13)7-14-16-8-12-5-4-11(15(19)20)9-17(12)14/h1-3,6,8,11,18H,4-5,7,9H2,(H,19,20). The van der Waals surface area contributed by atoms with Gasteiger partial charge < -0.3 is 14.8 Å². The fourth-order valence-corrected chi connectivity index (χ4v) is 2.70. The van der Waals surface area contributed by atoms with E-state index in [9.17, 15) is 9.90 Å². The Labute approximate surface area is 116 Å². The number of hydrogen-bond acceptors (Lipinski definition) is 3.